The lowest BCUT2D eigenvalue weighted by Gasteiger charge is -2.49. The first-order chi connectivity index (χ1) is 11.9. The van der Waals surface area contributed by atoms with Crippen molar-refractivity contribution in [1.29, 1.82) is 0 Å². The van der Waals surface area contributed by atoms with E-state index in [0.29, 0.717) is 0 Å². The minimum Gasteiger partial charge on any atom is -0.394 e. The number of aliphatic hydroxyl groups is 2. The second-order valence-electron chi connectivity index (χ2n) is 6.19. The Balaban J connectivity index is 1.95. The van der Waals surface area contributed by atoms with E-state index in [9.17, 15) is 15.0 Å². The van der Waals surface area contributed by atoms with Crippen molar-refractivity contribution in [2.45, 2.75) is 23.3 Å². The molecule has 1 aliphatic heterocycles. The van der Waals surface area contributed by atoms with Crippen LogP contribution in [-0.4, -0.2) is 38.6 Å². The van der Waals surface area contributed by atoms with E-state index >= 15 is 0 Å². The highest BCUT2D eigenvalue weighted by molar-refractivity contribution is 9.10. The van der Waals surface area contributed by atoms with E-state index in [2.05, 4.69) is 20.9 Å². The van der Waals surface area contributed by atoms with Crippen molar-refractivity contribution in [3.63, 3.8) is 0 Å². The number of anilines is 1. The highest BCUT2D eigenvalue weighted by Gasteiger charge is 2.69. The van der Waals surface area contributed by atoms with E-state index in [4.69, 9.17) is 10.5 Å². The Morgan fingerprint density at radius 3 is 2.56 bits per heavy atom. The Morgan fingerprint density at radius 1 is 1.28 bits per heavy atom. The average Bonchev–Trinajstić information content (AvgIpc) is 2.73. The molecule has 130 valence electrons. The molecular weight excluding hydrogens is 390 g/mol. The first-order valence-corrected chi connectivity index (χ1v) is 8.53. The number of fused-ring (bicyclic) bond motifs is 1. The standard InChI is InChI=1S/C17H16BrN3O4/c18-11-3-1-10(2-4-11)16-6-7-17(16,25-12(9-22)14(16)23)21-8-5-13(19)20-15(21)24/h1-8,12,14,22-23H,9H2,(H2,19,20,24)/t12-,14-,16-,17-/m1/s1. The number of halogens is 1. The highest BCUT2D eigenvalue weighted by Crippen LogP contribution is 2.59. The van der Waals surface area contributed by atoms with Crippen molar-refractivity contribution in [3.8, 4) is 0 Å². The smallest absolute Gasteiger partial charge is 0.352 e. The molecule has 0 bridgehead atoms. The van der Waals surface area contributed by atoms with Gasteiger partial charge in [0, 0.05) is 10.7 Å². The van der Waals surface area contributed by atoms with Crippen LogP contribution in [0.3, 0.4) is 0 Å². The van der Waals surface area contributed by atoms with Gasteiger partial charge in [-0.3, -0.25) is 4.57 Å². The van der Waals surface area contributed by atoms with Gasteiger partial charge in [0.15, 0.2) is 5.72 Å². The maximum absolute atomic E-state index is 12.4. The third-order valence-corrected chi connectivity index (χ3v) is 5.53. The third kappa shape index (κ3) is 2.02. The molecule has 7 nitrogen and oxygen atoms in total. The molecule has 1 saturated heterocycles. The molecule has 0 amide bonds. The fourth-order valence-electron chi connectivity index (χ4n) is 3.78. The Labute approximate surface area is 151 Å². The van der Waals surface area contributed by atoms with Crippen molar-refractivity contribution < 1.29 is 14.9 Å². The molecular formula is C17H16BrN3O4. The molecule has 2 aliphatic rings. The van der Waals surface area contributed by atoms with Gasteiger partial charge in [-0.2, -0.15) is 4.98 Å². The van der Waals surface area contributed by atoms with Crippen LogP contribution in [0.25, 0.3) is 0 Å². The van der Waals surface area contributed by atoms with Gasteiger partial charge in [-0.1, -0.05) is 34.1 Å². The lowest BCUT2D eigenvalue weighted by atomic mass is 9.61. The van der Waals surface area contributed by atoms with Crippen LogP contribution < -0.4 is 11.4 Å². The molecule has 0 spiro atoms. The van der Waals surface area contributed by atoms with Gasteiger partial charge in [0.1, 0.15) is 18.0 Å². The molecule has 1 fully saturated rings. The number of hydrogen-bond acceptors (Lipinski definition) is 6. The van der Waals surface area contributed by atoms with Crippen LogP contribution in [0.2, 0.25) is 0 Å². The first kappa shape index (κ1) is 16.5. The number of nitrogens with two attached hydrogens (primary N) is 1. The summed E-state index contributed by atoms with van der Waals surface area (Å²) < 4.78 is 8.19. The molecule has 8 heteroatoms. The van der Waals surface area contributed by atoms with Crippen molar-refractivity contribution >= 4 is 21.7 Å². The van der Waals surface area contributed by atoms with Gasteiger partial charge in [0.25, 0.3) is 0 Å². The topological polar surface area (TPSA) is 111 Å². The predicted octanol–water partition coefficient (Wildman–Crippen LogP) is 0.501. The zero-order valence-electron chi connectivity index (χ0n) is 13.0. The quantitative estimate of drug-likeness (QED) is 0.641. The van der Waals surface area contributed by atoms with E-state index in [1.165, 1.54) is 16.8 Å². The van der Waals surface area contributed by atoms with E-state index in [1.54, 1.807) is 12.2 Å². The monoisotopic (exact) mass is 405 g/mol. The first-order valence-electron chi connectivity index (χ1n) is 7.73. The van der Waals surface area contributed by atoms with E-state index in [-0.39, 0.29) is 12.4 Å². The van der Waals surface area contributed by atoms with E-state index < -0.39 is 29.0 Å². The van der Waals surface area contributed by atoms with Gasteiger partial charge in [-0.25, -0.2) is 4.79 Å². The van der Waals surface area contributed by atoms with Gasteiger partial charge in [-0.05, 0) is 29.8 Å². The van der Waals surface area contributed by atoms with Gasteiger partial charge < -0.3 is 20.7 Å². The SMILES string of the molecule is Nc1ccn([C@@]23C=C[C@@]2(c2ccc(Br)cc2)[C@H](O)[C@@H](CO)O3)c(=O)n1. The van der Waals surface area contributed by atoms with Crippen molar-refractivity contribution in [2.24, 2.45) is 0 Å². The second-order valence-corrected chi connectivity index (χ2v) is 7.11. The second kappa shape index (κ2) is 5.50. The van der Waals surface area contributed by atoms with Gasteiger partial charge in [0.2, 0.25) is 0 Å². The Hall–Kier alpha value is -2.00. The zero-order valence-corrected chi connectivity index (χ0v) is 14.6. The molecule has 1 aliphatic carbocycles. The van der Waals surface area contributed by atoms with Crippen LogP contribution in [0.15, 0.2) is 57.9 Å². The number of aliphatic hydroxyl groups excluding tert-OH is 2. The van der Waals surface area contributed by atoms with Crippen LogP contribution in [-0.2, 0) is 15.9 Å². The lowest BCUT2D eigenvalue weighted by molar-refractivity contribution is -0.109. The van der Waals surface area contributed by atoms with Crippen LogP contribution in [0.5, 0.6) is 0 Å². The third-order valence-electron chi connectivity index (χ3n) is 5.00. The van der Waals surface area contributed by atoms with Crippen LogP contribution >= 0.6 is 15.9 Å². The normalized spacial score (nSPS) is 33.1. The number of rotatable bonds is 3. The highest BCUT2D eigenvalue weighted by atomic mass is 79.9. The molecule has 1 aromatic carbocycles. The van der Waals surface area contributed by atoms with Crippen molar-refractivity contribution in [1.82, 2.24) is 9.55 Å². The largest absolute Gasteiger partial charge is 0.394 e. The fourth-order valence-corrected chi connectivity index (χ4v) is 4.05. The molecule has 0 saturated carbocycles. The number of nitrogen functional groups attached to an aromatic ring is 1. The van der Waals surface area contributed by atoms with Crippen LogP contribution in [0.1, 0.15) is 5.56 Å². The fraction of sp³-hybridized carbons (Fsp3) is 0.294. The van der Waals surface area contributed by atoms with Gasteiger partial charge in [-0.15, -0.1) is 0 Å². The number of nitrogens with zero attached hydrogens (tertiary/aromatic N) is 2. The van der Waals surface area contributed by atoms with Crippen LogP contribution in [0, 0.1) is 0 Å². The Bertz CT molecular complexity index is 913. The minimum atomic E-state index is -1.27. The number of ether oxygens (including phenoxy) is 1. The zero-order chi connectivity index (χ0) is 17.8. The lowest BCUT2D eigenvalue weighted by Crippen LogP contribution is -2.61. The van der Waals surface area contributed by atoms with Gasteiger partial charge >= 0.3 is 5.69 Å². The molecule has 4 atom stereocenters. The summed E-state index contributed by atoms with van der Waals surface area (Å²) in [4.78, 5) is 16.2. The maximum atomic E-state index is 12.4. The molecule has 4 rings (SSSR count). The maximum Gasteiger partial charge on any atom is 0.352 e. The summed E-state index contributed by atoms with van der Waals surface area (Å²) in [7, 11) is 0. The number of aromatic nitrogens is 2. The molecule has 0 radical (unpaired) electrons. The Morgan fingerprint density at radius 2 is 2.00 bits per heavy atom. The number of hydrogen-bond donors (Lipinski definition) is 3. The summed E-state index contributed by atoms with van der Waals surface area (Å²) in [6.07, 6.45) is 3.12. The van der Waals surface area contributed by atoms with Crippen molar-refractivity contribution in [2.75, 3.05) is 12.3 Å². The minimum absolute atomic E-state index is 0.104. The van der Waals surface area contributed by atoms with Crippen molar-refractivity contribution in [3.05, 3.63) is 69.2 Å². The molecule has 0 unspecified atom stereocenters. The molecule has 2 heterocycles. The average molecular weight is 406 g/mol. The summed E-state index contributed by atoms with van der Waals surface area (Å²) in [5, 5.41) is 20.6. The Kier molecular flexibility index (Phi) is 3.62. The summed E-state index contributed by atoms with van der Waals surface area (Å²) in [6, 6.07) is 8.90. The van der Waals surface area contributed by atoms with E-state index in [0.717, 1.165) is 10.0 Å². The summed E-state index contributed by atoms with van der Waals surface area (Å²) in [5.41, 5.74) is 3.48. The predicted molar refractivity (Wildman–Crippen MR) is 93.8 cm³/mol. The van der Waals surface area contributed by atoms with Gasteiger partial charge in [0.05, 0.1) is 12.0 Å². The van der Waals surface area contributed by atoms with Crippen LogP contribution in [0.4, 0.5) is 5.82 Å². The molecule has 1 aromatic heterocycles. The molecule has 4 N–H and O–H groups in total. The summed E-state index contributed by atoms with van der Waals surface area (Å²) >= 11 is 3.39. The summed E-state index contributed by atoms with van der Waals surface area (Å²) in [5.74, 6) is 0.104. The molecule has 25 heavy (non-hydrogen) atoms. The molecule has 2 aromatic rings. The van der Waals surface area contributed by atoms with E-state index in [1.807, 2.05) is 24.3 Å². The summed E-state index contributed by atoms with van der Waals surface area (Å²) in [6.45, 7) is -0.375. The number of benzene rings is 1.